The molecule has 2 unspecified atom stereocenters. The molecule has 1 aliphatic heterocycles. The molecule has 204 valence electrons. The van der Waals surface area contributed by atoms with Gasteiger partial charge in [0.25, 0.3) is 16.0 Å². The minimum absolute atomic E-state index is 0.0263. The average molecular weight is 518 g/mol. The molecule has 0 aromatic carbocycles. The van der Waals surface area contributed by atoms with Crippen LogP contribution in [0.15, 0.2) is 17.1 Å². The van der Waals surface area contributed by atoms with Gasteiger partial charge in [-0.25, -0.2) is 4.99 Å². The second-order valence-corrected chi connectivity index (χ2v) is 11.3. The Bertz CT molecular complexity index is 753. The molecule has 0 saturated heterocycles. The number of aliphatic imine (C=N–C) groups is 1. The maximum absolute atomic E-state index is 12.9. The van der Waals surface area contributed by atoms with Crippen molar-refractivity contribution in [3.63, 3.8) is 0 Å². The number of aliphatic hydroxyl groups excluding tert-OH is 2. The predicted molar refractivity (Wildman–Crippen MR) is 141 cm³/mol. The molecule has 9 heteroatoms. The van der Waals surface area contributed by atoms with E-state index in [1.165, 1.54) is 57.8 Å². The van der Waals surface area contributed by atoms with Crippen LogP contribution in [0.2, 0.25) is 0 Å². The van der Waals surface area contributed by atoms with Crippen LogP contribution in [0.25, 0.3) is 0 Å². The van der Waals surface area contributed by atoms with Crippen LogP contribution in [0.1, 0.15) is 96.8 Å². The fourth-order valence-corrected chi connectivity index (χ4v) is 5.46. The standard InChI is InChI=1S/C26H48N2O6S/c1-2-3-4-5-6-7-8-9-10-11-12-13-14-15-16-17-25(31)26-27-18-19-28(26,20-21-29)22-24(30)23-35(32,33)34/h3-4,24,29-30H,2,5-23H2,1H3/p+1/b4-3+. The van der Waals surface area contributed by atoms with Crippen molar-refractivity contribution in [1.29, 1.82) is 0 Å². The van der Waals surface area contributed by atoms with Gasteiger partial charge in [-0.15, -0.1) is 0 Å². The average Bonchev–Trinajstić information content (AvgIpc) is 3.18. The molecule has 0 spiro atoms. The molecule has 35 heavy (non-hydrogen) atoms. The first-order valence-corrected chi connectivity index (χ1v) is 15.2. The molecule has 1 heterocycles. The first-order chi connectivity index (χ1) is 16.7. The van der Waals surface area contributed by atoms with Gasteiger partial charge in [0.15, 0.2) is 0 Å². The Morgan fingerprint density at radius 3 is 2.11 bits per heavy atom. The molecular formula is C26H49N2O6S+. The van der Waals surface area contributed by atoms with Gasteiger partial charge in [-0.1, -0.05) is 76.9 Å². The fourth-order valence-electron chi connectivity index (χ4n) is 4.87. The lowest BCUT2D eigenvalue weighted by atomic mass is 10.0. The number of hydrogen-bond acceptors (Lipinski definition) is 6. The van der Waals surface area contributed by atoms with Gasteiger partial charge in [0, 0.05) is 6.42 Å². The fraction of sp³-hybridized carbons (Fsp3) is 0.846. The molecule has 0 aromatic heterocycles. The third-order valence-electron chi connectivity index (χ3n) is 6.66. The summed E-state index contributed by atoms with van der Waals surface area (Å²) >= 11 is 0. The Hall–Kier alpha value is -1.13. The number of Topliss-reactive ketones (excluding diaryl/α,β-unsaturated/α-hetero) is 1. The summed E-state index contributed by atoms with van der Waals surface area (Å²) < 4.78 is 31.2. The van der Waals surface area contributed by atoms with Gasteiger partial charge in [0.1, 0.15) is 31.5 Å². The van der Waals surface area contributed by atoms with Crippen molar-refractivity contribution in [1.82, 2.24) is 0 Å². The molecule has 1 rings (SSSR count). The van der Waals surface area contributed by atoms with Crippen LogP contribution in [0, 0.1) is 0 Å². The highest BCUT2D eigenvalue weighted by Gasteiger charge is 2.43. The second kappa shape index (κ2) is 18.2. The van der Waals surface area contributed by atoms with Crippen LogP contribution in [-0.2, 0) is 14.9 Å². The number of nitrogens with zero attached hydrogens (tertiary/aromatic N) is 2. The highest BCUT2D eigenvalue weighted by molar-refractivity contribution is 7.85. The monoisotopic (exact) mass is 517 g/mol. The molecular weight excluding hydrogens is 468 g/mol. The predicted octanol–water partition coefficient (Wildman–Crippen LogP) is 4.06. The van der Waals surface area contributed by atoms with Crippen LogP contribution in [0.4, 0.5) is 0 Å². The molecule has 0 saturated carbocycles. The highest BCUT2D eigenvalue weighted by atomic mass is 32.2. The zero-order valence-corrected chi connectivity index (χ0v) is 22.6. The van der Waals surface area contributed by atoms with Gasteiger partial charge in [-0.2, -0.15) is 8.42 Å². The summed E-state index contributed by atoms with van der Waals surface area (Å²) in [5.41, 5.74) is 0. The number of amidine groups is 1. The van der Waals surface area contributed by atoms with Crippen LogP contribution in [0.3, 0.4) is 0 Å². The number of unbranched alkanes of at least 4 members (excludes halogenated alkanes) is 11. The summed E-state index contributed by atoms with van der Waals surface area (Å²) in [6.07, 6.45) is 19.0. The Labute approximate surface area is 212 Å². The number of rotatable bonds is 22. The van der Waals surface area contributed by atoms with Crippen molar-refractivity contribution in [3.8, 4) is 0 Å². The van der Waals surface area contributed by atoms with Gasteiger partial charge >= 0.3 is 0 Å². The zero-order valence-electron chi connectivity index (χ0n) is 21.7. The molecule has 0 aliphatic carbocycles. The van der Waals surface area contributed by atoms with E-state index in [1.807, 2.05) is 0 Å². The number of aliphatic hydroxyl groups is 2. The molecule has 1 aliphatic rings. The van der Waals surface area contributed by atoms with Crippen molar-refractivity contribution in [2.45, 2.75) is 103 Å². The maximum atomic E-state index is 12.9. The highest BCUT2D eigenvalue weighted by Crippen LogP contribution is 2.20. The smallest absolute Gasteiger partial charge is 0.267 e. The van der Waals surface area contributed by atoms with Crippen molar-refractivity contribution in [3.05, 3.63) is 12.2 Å². The van der Waals surface area contributed by atoms with Crippen LogP contribution in [0.5, 0.6) is 0 Å². The van der Waals surface area contributed by atoms with E-state index in [9.17, 15) is 23.4 Å². The zero-order chi connectivity index (χ0) is 26.0. The number of quaternary nitrogens is 1. The number of ketones is 1. The lowest BCUT2D eigenvalue weighted by Gasteiger charge is -2.34. The van der Waals surface area contributed by atoms with E-state index in [0.29, 0.717) is 25.3 Å². The Kier molecular flexibility index (Phi) is 16.6. The van der Waals surface area contributed by atoms with Gasteiger partial charge in [-0.3, -0.25) is 13.8 Å². The summed E-state index contributed by atoms with van der Waals surface area (Å²) in [5, 5.41) is 19.7. The van der Waals surface area contributed by atoms with Gasteiger partial charge < -0.3 is 10.2 Å². The summed E-state index contributed by atoms with van der Waals surface area (Å²) in [6, 6.07) is 0. The first-order valence-electron chi connectivity index (χ1n) is 13.6. The van der Waals surface area contributed by atoms with E-state index in [-0.39, 0.29) is 30.0 Å². The molecule has 0 aromatic rings. The molecule has 0 fully saturated rings. The number of carbonyl (C=O) groups is 1. The first kappa shape index (κ1) is 31.9. The second-order valence-electron chi connectivity index (χ2n) is 9.84. The molecule has 3 N–H and O–H groups in total. The van der Waals surface area contributed by atoms with Gasteiger partial charge in [0.05, 0.1) is 13.2 Å². The topological polar surface area (TPSA) is 124 Å². The maximum Gasteiger partial charge on any atom is 0.267 e. The molecule has 0 bridgehead atoms. The Morgan fingerprint density at radius 1 is 1.00 bits per heavy atom. The van der Waals surface area contributed by atoms with Crippen molar-refractivity contribution in [2.75, 3.05) is 38.5 Å². The van der Waals surface area contributed by atoms with Gasteiger partial charge in [0.2, 0.25) is 5.78 Å². The molecule has 2 atom stereocenters. The van der Waals surface area contributed by atoms with E-state index < -0.39 is 22.0 Å². The summed E-state index contributed by atoms with van der Waals surface area (Å²) in [4.78, 5) is 17.2. The number of allylic oxidation sites excluding steroid dienone is 2. The number of hydrogen-bond donors (Lipinski definition) is 3. The molecule has 8 nitrogen and oxygen atoms in total. The Morgan fingerprint density at radius 2 is 1.57 bits per heavy atom. The van der Waals surface area contributed by atoms with Gasteiger partial charge in [-0.05, 0) is 25.7 Å². The summed E-state index contributed by atoms with van der Waals surface area (Å²) in [6.45, 7) is 2.90. The number of carbonyl (C=O) groups excluding carboxylic acids is 1. The lowest BCUT2D eigenvalue weighted by molar-refractivity contribution is -0.837. The summed E-state index contributed by atoms with van der Waals surface area (Å²) in [5.74, 6) is -0.577. The van der Waals surface area contributed by atoms with E-state index in [1.54, 1.807) is 0 Å². The van der Waals surface area contributed by atoms with E-state index >= 15 is 0 Å². The van der Waals surface area contributed by atoms with Crippen LogP contribution < -0.4 is 0 Å². The third-order valence-corrected chi connectivity index (χ3v) is 7.46. The molecule has 0 radical (unpaired) electrons. The minimum Gasteiger partial charge on any atom is -0.390 e. The van der Waals surface area contributed by atoms with E-state index in [4.69, 9.17) is 4.55 Å². The van der Waals surface area contributed by atoms with Crippen molar-refractivity contribution < 1.29 is 32.5 Å². The van der Waals surface area contributed by atoms with Crippen LogP contribution >= 0.6 is 0 Å². The Balaban J connectivity index is 2.22. The normalized spacial score (nSPS) is 19.4. The van der Waals surface area contributed by atoms with Crippen LogP contribution in [-0.4, -0.2) is 83.9 Å². The van der Waals surface area contributed by atoms with Crippen molar-refractivity contribution in [2.24, 2.45) is 4.99 Å². The quantitative estimate of drug-likeness (QED) is 0.0861. The molecule has 0 amide bonds. The summed E-state index contributed by atoms with van der Waals surface area (Å²) in [7, 11) is -4.33. The third kappa shape index (κ3) is 14.3. The largest absolute Gasteiger partial charge is 0.390 e. The van der Waals surface area contributed by atoms with Crippen molar-refractivity contribution >= 4 is 21.7 Å². The minimum atomic E-state index is -4.33. The van der Waals surface area contributed by atoms with E-state index in [0.717, 1.165) is 25.7 Å². The van der Waals surface area contributed by atoms with E-state index in [2.05, 4.69) is 24.1 Å². The lowest BCUT2D eigenvalue weighted by Crippen LogP contribution is -2.59. The SMILES string of the molecule is CC/C=C/CCCCCCCCCCCCCC(=O)C1=NCC[N+]1(CCO)CC(O)CS(=O)(=O)O.